The van der Waals surface area contributed by atoms with Gasteiger partial charge in [-0.15, -0.1) is 11.3 Å². The van der Waals surface area contributed by atoms with Crippen LogP contribution in [0.3, 0.4) is 0 Å². The minimum absolute atomic E-state index is 0.114. The zero-order valence-corrected chi connectivity index (χ0v) is 10.3. The Morgan fingerprint density at radius 3 is 3.19 bits per heavy atom. The van der Waals surface area contributed by atoms with Gasteiger partial charge in [0, 0.05) is 18.0 Å². The van der Waals surface area contributed by atoms with Gasteiger partial charge in [0.1, 0.15) is 4.83 Å². The van der Waals surface area contributed by atoms with E-state index in [0.717, 1.165) is 35.3 Å². The minimum Gasteiger partial charge on any atom is -0.301 e. The van der Waals surface area contributed by atoms with E-state index < -0.39 is 0 Å². The molecule has 4 nitrogen and oxygen atoms in total. The van der Waals surface area contributed by atoms with Crippen molar-refractivity contribution in [3.63, 3.8) is 0 Å². The number of aromatic nitrogens is 2. The molecule has 0 aliphatic carbocycles. The molecule has 3 rings (SSSR count). The predicted molar refractivity (Wildman–Crippen MR) is 65.3 cm³/mol. The van der Waals surface area contributed by atoms with E-state index in [9.17, 15) is 4.79 Å². The molecular formula is C10H10ClN3OS. The van der Waals surface area contributed by atoms with E-state index >= 15 is 0 Å². The van der Waals surface area contributed by atoms with E-state index in [2.05, 4.69) is 21.9 Å². The lowest BCUT2D eigenvalue weighted by molar-refractivity contribution is 0.318. The molecule has 1 N–H and O–H groups in total. The maximum atomic E-state index is 11.8. The van der Waals surface area contributed by atoms with Crippen molar-refractivity contribution < 1.29 is 0 Å². The smallest absolute Gasteiger partial charge is 0.260 e. The standard InChI is InChI=1S/C10H10ClN3OS/c1-14-3-2-5-6(4-14)16-9-7(5)8(15)12-10(11)13-9/h2-4H2,1H3,(H,12,13,15). The van der Waals surface area contributed by atoms with Crippen molar-refractivity contribution in [3.8, 4) is 0 Å². The van der Waals surface area contributed by atoms with Gasteiger partial charge in [-0.1, -0.05) is 0 Å². The summed E-state index contributed by atoms with van der Waals surface area (Å²) in [6, 6.07) is 0. The van der Waals surface area contributed by atoms with E-state index in [1.165, 1.54) is 4.88 Å². The number of likely N-dealkylation sites (N-methyl/N-ethyl adjacent to an activating group) is 1. The normalized spacial score (nSPS) is 16.6. The SMILES string of the molecule is CN1CCc2c(sc3nc(Cl)[nH]c(=O)c23)C1. The number of halogens is 1. The summed E-state index contributed by atoms with van der Waals surface area (Å²) in [5.74, 6) is 0. The van der Waals surface area contributed by atoms with Crippen molar-refractivity contribution in [1.29, 1.82) is 0 Å². The van der Waals surface area contributed by atoms with Gasteiger partial charge in [0.15, 0.2) is 0 Å². The van der Waals surface area contributed by atoms with Crippen LogP contribution in [0.1, 0.15) is 10.4 Å². The van der Waals surface area contributed by atoms with Crippen molar-refractivity contribution in [2.75, 3.05) is 13.6 Å². The monoisotopic (exact) mass is 255 g/mol. The first-order valence-corrected chi connectivity index (χ1v) is 6.23. The summed E-state index contributed by atoms with van der Waals surface area (Å²) in [6.45, 7) is 1.88. The topological polar surface area (TPSA) is 49.0 Å². The molecule has 0 fully saturated rings. The Labute approximate surface area is 101 Å². The van der Waals surface area contributed by atoms with Gasteiger partial charge in [0.25, 0.3) is 5.56 Å². The Hall–Kier alpha value is -0.910. The van der Waals surface area contributed by atoms with E-state index in [0.29, 0.717) is 0 Å². The zero-order valence-electron chi connectivity index (χ0n) is 8.71. The highest BCUT2D eigenvalue weighted by Gasteiger charge is 2.21. The highest BCUT2D eigenvalue weighted by Crippen LogP contribution is 2.31. The molecule has 3 heterocycles. The zero-order chi connectivity index (χ0) is 11.3. The highest BCUT2D eigenvalue weighted by atomic mass is 35.5. The maximum absolute atomic E-state index is 11.8. The summed E-state index contributed by atoms with van der Waals surface area (Å²) in [7, 11) is 2.08. The lowest BCUT2D eigenvalue weighted by Crippen LogP contribution is -2.25. The minimum atomic E-state index is -0.114. The first kappa shape index (κ1) is 10.3. The fourth-order valence-electron chi connectivity index (χ4n) is 2.10. The Balaban J connectivity index is 2.33. The van der Waals surface area contributed by atoms with Crippen LogP contribution in [-0.2, 0) is 13.0 Å². The number of thiophene rings is 1. The van der Waals surface area contributed by atoms with Gasteiger partial charge in [0.05, 0.1) is 5.39 Å². The number of H-pyrrole nitrogens is 1. The van der Waals surface area contributed by atoms with Gasteiger partial charge in [-0.25, -0.2) is 4.98 Å². The summed E-state index contributed by atoms with van der Waals surface area (Å²) in [5, 5.41) is 0.905. The molecule has 0 unspecified atom stereocenters. The second-order valence-electron chi connectivity index (χ2n) is 4.03. The third kappa shape index (κ3) is 1.47. The molecule has 0 atom stereocenters. The van der Waals surface area contributed by atoms with Crippen molar-refractivity contribution in [2.24, 2.45) is 0 Å². The number of aromatic amines is 1. The molecule has 0 radical (unpaired) electrons. The van der Waals surface area contributed by atoms with Crippen LogP contribution in [0.15, 0.2) is 4.79 Å². The number of hydrogen-bond donors (Lipinski definition) is 1. The van der Waals surface area contributed by atoms with Crippen LogP contribution in [0, 0.1) is 0 Å². The fraction of sp³-hybridized carbons (Fsp3) is 0.400. The quantitative estimate of drug-likeness (QED) is 0.728. The summed E-state index contributed by atoms with van der Waals surface area (Å²) in [4.78, 5) is 22.8. The number of hydrogen-bond acceptors (Lipinski definition) is 4. The Bertz CT molecular complexity index is 618. The van der Waals surface area contributed by atoms with Gasteiger partial charge in [0.2, 0.25) is 5.28 Å². The van der Waals surface area contributed by atoms with E-state index in [1.807, 2.05) is 0 Å². The number of rotatable bonds is 0. The molecule has 2 aromatic heterocycles. The molecule has 1 aliphatic heterocycles. The lowest BCUT2D eigenvalue weighted by Gasteiger charge is -2.21. The van der Waals surface area contributed by atoms with E-state index in [1.54, 1.807) is 11.3 Å². The molecule has 0 saturated carbocycles. The third-order valence-corrected chi connectivity index (χ3v) is 4.16. The van der Waals surface area contributed by atoms with Crippen LogP contribution in [0.2, 0.25) is 5.28 Å². The molecule has 0 bridgehead atoms. The largest absolute Gasteiger partial charge is 0.301 e. The van der Waals surface area contributed by atoms with Gasteiger partial charge in [-0.2, -0.15) is 0 Å². The van der Waals surface area contributed by atoms with Crippen LogP contribution in [0.5, 0.6) is 0 Å². The average molecular weight is 256 g/mol. The van der Waals surface area contributed by atoms with E-state index in [4.69, 9.17) is 11.6 Å². The van der Waals surface area contributed by atoms with E-state index in [-0.39, 0.29) is 10.8 Å². The summed E-state index contributed by atoms with van der Waals surface area (Å²) >= 11 is 7.32. The molecule has 1 aliphatic rings. The number of fused-ring (bicyclic) bond motifs is 3. The summed E-state index contributed by atoms with van der Waals surface area (Å²) in [5.41, 5.74) is 1.04. The first-order valence-electron chi connectivity index (χ1n) is 5.04. The van der Waals surface area contributed by atoms with Crippen molar-refractivity contribution in [2.45, 2.75) is 13.0 Å². The van der Waals surface area contributed by atoms with Crippen LogP contribution in [0.25, 0.3) is 10.2 Å². The maximum Gasteiger partial charge on any atom is 0.260 e. The van der Waals surface area contributed by atoms with Crippen molar-refractivity contribution in [1.82, 2.24) is 14.9 Å². The number of nitrogens with one attached hydrogen (secondary N) is 1. The second kappa shape index (κ2) is 3.55. The Morgan fingerprint density at radius 1 is 1.56 bits per heavy atom. The highest BCUT2D eigenvalue weighted by molar-refractivity contribution is 7.18. The molecule has 2 aromatic rings. The molecule has 0 amide bonds. The van der Waals surface area contributed by atoms with Crippen LogP contribution in [0.4, 0.5) is 0 Å². The first-order chi connectivity index (χ1) is 7.65. The summed E-state index contributed by atoms with van der Waals surface area (Å²) in [6.07, 6.45) is 0.915. The number of nitrogens with zero attached hydrogens (tertiary/aromatic N) is 2. The van der Waals surface area contributed by atoms with Gasteiger partial charge in [-0.3, -0.25) is 9.78 Å². The predicted octanol–water partition coefficient (Wildman–Crippen LogP) is 1.63. The van der Waals surface area contributed by atoms with Crippen LogP contribution < -0.4 is 5.56 Å². The van der Waals surface area contributed by atoms with Crippen LogP contribution >= 0.6 is 22.9 Å². The fourth-order valence-corrected chi connectivity index (χ4v) is 3.62. The summed E-state index contributed by atoms with van der Waals surface area (Å²) < 4.78 is 0. The Morgan fingerprint density at radius 2 is 2.38 bits per heavy atom. The van der Waals surface area contributed by atoms with Crippen molar-refractivity contribution >= 4 is 33.2 Å². The molecule has 6 heteroatoms. The molecule has 0 spiro atoms. The average Bonchev–Trinajstić information content (AvgIpc) is 2.54. The molecule has 0 saturated heterocycles. The molecule has 16 heavy (non-hydrogen) atoms. The molecule has 0 aromatic carbocycles. The third-order valence-electron chi connectivity index (χ3n) is 2.87. The molecule has 84 valence electrons. The second-order valence-corrected chi connectivity index (χ2v) is 5.47. The Kier molecular flexibility index (Phi) is 2.27. The van der Waals surface area contributed by atoms with Gasteiger partial charge in [-0.05, 0) is 30.6 Å². The van der Waals surface area contributed by atoms with Crippen molar-refractivity contribution in [3.05, 3.63) is 26.1 Å². The van der Waals surface area contributed by atoms with Gasteiger partial charge >= 0.3 is 0 Å². The lowest BCUT2D eigenvalue weighted by atomic mass is 10.1. The van der Waals surface area contributed by atoms with Gasteiger partial charge < -0.3 is 4.90 Å². The molecular weight excluding hydrogens is 246 g/mol. The van der Waals surface area contributed by atoms with Crippen LogP contribution in [-0.4, -0.2) is 28.5 Å².